The van der Waals surface area contributed by atoms with E-state index in [1.807, 2.05) is 6.07 Å². The SMILES string of the molecule is Oc1ccc2c(c1)OC[C@@H](c1ccccc1)[C@@H]2c1ccc(OCCCCCCCCCCCN2CCCC2)cc1. The summed E-state index contributed by atoms with van der Waals surface area (Å²) in [5.74, 6) is 2.32. The van der Waals surface area contributed by atoms with Crippen LogP contribution >= 0.6 is 0 Å². The van der Waals surface area contributed by atoms with Gasteiger partial charge in [-0.25, -0.2) is 0 Å². The van der Waals surface area contributed by atoms with Crippen LogP contribution in [0.5, 0.6) is 17.2 Å². The van der Waals surface area contributed by atoms with Crippen molar-refractivity contribution < 1.29 is 14.6 Å². The minimum absolute atomic E-state index is 0.158. The van der Waals surface area contributed by atoms with Crippen LogP contribution in [-0.4, -0.2) is 42.9 Å². The number of rotatable bonds is 15. The molecule has 214 valence electrons. The molecular formula is C36H47NO3. The van der Waals surface area contributed by atoms with E-state index in [-0.39, 0.29) is 17.6 Å². The summed E-state index contributed by atoms with van der Waals surface area (Å²) in [7, 11) is 0. The number of phenols is 1. The largest absolute Gasteiger partial charge is 0.508 e. The van der Waals surface area contributed by atoms with Gasteiger partial charge in [-0.1, -0.05) is 93.5 Å². The molecule has 1 saturated heterocycles. The van der Waals surface area contributed by atoms with Crippen molar-refractivity contribution in [3.8, 4) is 17.2 Å². The van der Waals surface area contributed by atoms with E-state index in [0.717, 1.165) is 30.1 Å². The van der Waals surface area contributed by atoms with Crippen LogP contribution in [-0.2, 0) is 0 Å². The van der Waals surface area contributed by atoms with Crippen LogP contribution in [0.3, 0.4) is 0 Å². The molecule has 2 aliphatic rings. The molecule has 3 aromatic carbocycles. The highest BCUT2D eigenvalue weighted by Gasteiger charge is 2.33. The van der Waals surface area contributed by atoms with Gasteiger partial charge in [0.05, 0.1) is 13.2 Å². The topological polar surface area (TPSA) is 41.9 Å². The zero-order valence-corrected chi connectivity index (χ0v) is 24.1. The van der Waals surface area contributed by atoms with Crippen molar-refractivity contribution >= 4 is 0 Å². The normalized spacial score (nSPS) is 18.8. The minimum Gasteiger partial charge on any atom is -0.508 e. The molecule has 4 nitrogen and oxygen atoms in total. The molecule has 0 aliphatic carbocycles. The van der Waals surface area contributed by atoms with E-state index < -0.39 is 0 Å². The van der Waals surface area contributed by atoms with Gasteiger partial charge in [0.1, 0.15) is 17.2 Å². The Kier molecular flexibility index (Phi) is 10.8. The molecule has 2 atom stereocenters. The number of likely N-dealkylation sites (tertiary alicyclic amines) is 1. The van der Waals surface area contributed by atoms with Crippen LogP contribution in [0.2, 0.25) is 0 Å². The Hall–Kier alpha value is -2.98. The van der Waals surface area contributed by atoms with E-state index in [1.165, 1.54) is 95.0 Å². The Bertz CT molecular complexity index is 1140. The van der Waals surface area contributed by atoms with Crippen LogP contribution in [0.15, 0.2) is 72.8 Å². The van der Waals surface area contributed by atoms with Crippen molar-refractivity contribution in [2.75, 3.05) is 32.8 Å². The molecule has 2 aliphatic heterocycles. The second-order valence-corrected chi connectivity index (χ2v) is 11.7. The highest BCUT2D eigenvalue weighted by Crippen LogP contribution is 2.47. The molecular weight excluding hydrogens is 494 g/mol. The smallest absolute Gasteiger partial charge is 0.126 e. The number of aromatic hydroxyl groups is 1. The number of fused-ring (bicyclic) bond motifs is 1. The lowest BCUT2D eigenvalue weighted by Crippen LogP contribution is -2.25. The van der Waals surface area contributed by atoms with Crippen molar-refractivity contribution in [3.63, 3.8) is 0 Å². The van der Waals surface area contributed by atoms with Crippen molar-refractivity contribution in [1.29, 1.82) is 0 Å². The zero-order chi connectivity index (χ0) is 27.4. The van der Waals surface area contributed by atoms with Gasteiger partial charge >= 0.3 is 0 Å². The van der Waals surface area contributed by atoms with Gasteiger partial charge in [0, 0.05) is 23.5 Å². The fourth-order valence-electron chi connectivity index (χ4n) is 6.44. The van der Waals surface area contributed by atoms with E-state index >= 15 is 0 Å². The van der Waals surface area contributed by atoms with Gasteiger partial charge in [0.2, 0.25) is 0 Å². The van der Waals surface area contributed by atoms with Crippen LogP contribution in [0.1, 0.15) is 99.2 Å². The number of ether oxygens (including phenoxy) is 2. The summed E-state index contributed by atoms with van der Waals surface area (Å²) in [5.41, 5.74) is 3.63. The summed E-state index contributed by atoms with van der Waals surface area (Å²) < 4.78 is 12.2. The third kappa shape index (κ3) is 8.04. The first kappa shape index (κ1) is 28.5. The maximum atomic E-state index is 10.0. The molecule has 0 unspecified atom stereocenters. The number of hydrogen-bond acceptors (Lipinski definition) is 4. The summed E-state index contributed by atoms with van der Waals surface area (Å²) in [6.07, 6.45) is 14.8. The van der Waals surface area contributed by atoms with Gasteiger partial charge < -0.3 is 19.5 Å². The van der Waals surface area contributed by atoms with Gasteiger partial charge in [0.15, 0.2) is 0 Å². The van der Waals surface area contributed by atoms with E-state index in [0.29, 0.717) is 6.61 Å². The highest BCUT2D eigenvalue weighted by atomic mass is 16.5. The van der Waals surface area contributed by atoms with E-state index in [2.05, 4.69) is 59.5 Å². The van der Waals surface area contributed by atoms with E-state index in [9.17, 15) is 5.11 Å². The van der Waals surface area contributed by atoms with Crippen LogP contribution in [0, 0.1) is 0 Å². The standard InChI is InChI=1S/C36H47NO3/c38-31-19-22-33-35(27-31)40-28-34(29-15-9-8-10-16-29)36(33)30-17-20-32(21-18-30)39-26-14-7-5-3-1-2-4-6-11-23-37-24-12-13-25-37/h8-10,15-22,27,34,36,38H,1-7,11-14,23-26,28H2/t34-,36+/m0/s1. The Morgan fingerprint density at radius 1 is 0.725 bits per heavy atom. The molecule has 0 amide bonds. The second-order valence-electron chi connectivity index (χ2n) is 11.7. The predicted octanol–water partition coefficient (Wildman–Crippen LogP) is 8.69. The number of phenolic OH excluding ortho intramolecular Hbond substituents is 1. The summed E-state index contributed by atoms with van der Waals surface area (Å²) in [6.45, 7) is 5.36. The van der Waals surface area contributed by atoms with Gasteiger partial charge in [-0.15, -0.1) is 0 Å². The molecule has 0 radical (unpaired) electrons. The molecule has 1 N–H and O–H groups in total. The van der Waals surface area contributed by atoms with Crippen molar-refractivity contribution in [3.05, 3.63) is 89.5 Å². The lowest BCUT2D eigenvalue weighted by molar-refractivity contribution is 0.247. The molecule has 0 saturated carbocycles. The average Bonchev–Trinajstić information content (AvgIpc) is 3.51. The van der Waals surface area contributed by atoms with Gasteiger partial charge in [0.25, 0.3) is 0 Å². The molecule has 0 aromatic heterocycles. The molecule has 0 bridgehead atoms. The maximum Gasteiger partial charge on any atom is 0.126 e. The monoisotopic (exact) mass is 541 g/mol. The van der Waals surface area contributed by atoms with E-state index in [1.54, 1.807) is 12.1 Å². The zero-order valence-electron chi connectivity index (χ0n) is 24.1. The van der Waals surface area contributed by atoms with Crippen molar-refractivity contribution in [2.24, 2.45) is 0 Å². The number of benzene rings is 3. The second kappa shape index (κ2) is 15.1. The Balaban J connectivity index is 1.03. The van der Waals surface area contributed by atoms with Gasteiger partial charge in [-0.05, 0) is 74.6 Å². The summed E-state index contributed by atoms with van der Waals surface area (Å²) in [5, 5.41) is 10.0. The molecule has 5 rings (SSSR count). The number of unbranched alkanes of at least 4 members (excludes halogenated alkanes) is 8. The van der Waals surface area contributed by atoms with E-state index in [4.69, 9.17) is 9.47 Å². The maximum absolute atomic E-state index is 10.0. The van der Waals surface area contributed by atoms with Crippen LogP contribution in [0.25, 0.3) is 0 Å². The first-order valence-electron chi connectivity index (χ1n) is 15.7. The summed E-state index contributed by atoms with van der Waals surface area (Å²) >= 11 is 0. The van der Waals surface area contributed by atoms with Gasteiger partial charge in [-0.3, -0.25) is 0 Å². The molecule has 2 heterocycles. The van der Waals surface area contributed by atoms with Crippen molar-refractivity contribution in [1.82, 2.24) is 4.90 Å². The van der Waals surface area contributed by atoms with Crippen LogP contribution in [0.4, 0.5) is 0 Å². The van der Waals surface area contributed by atoms with Crippen LogP contribution < -0.4 is 9.47 Å². The lowest BCUT2D eigenvalue weighted by atomic mass is 9.76. The number of hydrogen-bond donors (Lipinski definition) is 1. The first-order chi connectivity index (χ1) is 19.8. The quantitative estimate of drug-likeness (QED) is 0.195. The van der Waals surface area contributed by atoms with Crippen molar-refractivity contribution in [2.45, 2.75) is 82.5 Å². The third-order valence-corrected chi connectivity index (χ3v) is 8.71. The number of nitrogens with zero attached hydrogens (tertiary/aromatic N) is 1. The fraction of sp³-hybridized carbons (Fsp3) is 0.500. The predicted molar refractivity (Wildman–Crippen MR) is 164 cm³/mol. The molecule has 1 fully saturated rings. The lowest BCUT2D eigenvalue weighted by Gasteiger charge is -2.34. The molecule has 3 aromatic rings. The Morgan fingerprint density at radius 3 is 2.12 bits per heavy atom. The fourth-order valence-corrected chi connectivity index (χ4v) is 6.44. The third-order valence-electron chi connectivity index (χ3n) is 8.71. The first-order valence-corrected chi connectivity index (χ1v) is 15.7. The Labute approximate surface area is 241 Å². The molecule has 0 spiro atoms. The average molecular weight is 542 g/mol. The minimum atomic E-state index is 0.158. The highest BCUT2D eigenvalue weighted by molar-refractivity contribution is 5.50. The molecule has 4 heteroatoms. The Morgan fingerprint density at radius 2 is 1.40 bits per heavy atom. The summed E-state index contributed by atoms with van der Waals surface area (Å²) in [4.78, 5) is 2.64. The van der Waals surface area contributed by atoms with Gasteiger partial charge in [-0.2, -0.15) is 0 Å². The summed E-state index contributed by atoms with van der Waals surface area (Å²) in [6, 6.07) is 24.7. The molecule has 40 heavy (non-hydrogen) atoms.